The second-order valence-electron chi connectivity index (χ2n) is 2.91. The number of cyclic esters (lactones) is 1. The Morgan fingerprint density at radius 2 is 1.93 bits per heavy atom. The minimum atomic E-state index is -2.07. The minimum Gasteiger partial charge on any atom is -0.481 e. The summed E-state index contributed by atoms with van der Waals surface area (Å²) in [4.78, 5) is 32.9. The van der Waals surface area contributed by atoms with E-state index >= 15 is 0 Å². The highest BCUT2D eigenvalue weighted by atomic mass is 35.6. The van der Waals surface area contributed by atoms with Crippen molar-refractivity contribution in [1.29, 1.82) is 0 Å². The molecule has 0 aromatic carbocycles. The van der Waals surface area contributed by atoms with E-state index in [9.17, 15) is 14.4 Å². The first kappa shape index (κ1) is 12.5. The monoisotopic (exact) mass is 274 g/mol. The molecule has 0 bridgehead atoms. The number of Topliss-reactive ketones (excluding diaryl/α,β-unsaturated/α-hetero) is 1. The Hall–Kier alpha value is -0.520. The molecule has 2 atom stereocenters. The van der Waals surface area contributed by atoms with Gasteiger partial charge in [0.05, 0.1) is 6.42 Å². The van der Waals surface area contributed by atoms with Crippen LogP contribution in [0.2, 0.25) is 0 Å². The molecule has 15 heavy (non-hydrogen) atoms. The molecule has 1 heterocycles. The van der Waals surface area contributed by atoms with Crippen molar-refractivity contribution in [1.82, 2.24) is 0 Å². The summed E-state index contributed by atoms with van der Waals surface area (Å²) in [6.45, 7) is 0. The van der Waals surface area contributed by atoms with Crippen molar-refractivity contribution in [2.75, 3.05) is 0 Å². The van der Waals surface area contributed by atoms with Crippen molar-refractivity contribution >= 4 is 52.5 Å². The molecule has 0 saturated carbocycles. The summed E-state index contributed by atoms with van der Waals surface area (Å²) >= 11 is 16.2. The summed E-state index contributed by atoms with van der Waals surface area (Å²) in [6.07, 6.45) is -2.19. The lowest BCUT2D eigenvalue weighted by Crippen LogP contribution is -2.33. The van der Waals surface area contributed by atoms with E-state index < -0.39 is 40.0 Å². The summed E-state index contributed by atoms with van der Waals surface area (Å²) in [5.41, 5.74) is 0. The molecule has 2 unspecified atom stereocenters. The number of hydrogen-bond acceptors (Lipinski definition) is 4. The highest BCUT2D eigenvalue weighted by molar-refractivity contribution is 6.69. The first-order chi connectivity index (χ1) is 6.73. The van der Waals surface area contributed by atoms with Gasteiger partial charge >= 0.3 is 11.9 Å². The van der Waals surface area contributed by atoms with Crippen LogP contribution in [0.1, 0.15) is 6.42 Å². The van der Waals surface area contributed by atoms with E-state index in [1.807, 2.05) is 0 Å². The lowest BCUT2D eigenvalue weighted by atomic mass is 10.0. The number of aliphatic carboxylic acids is 1. The number of carboxylic acids is 1. The molecule has 0 spiro atoms. The largest absolute Gasteiger partial charge is 0.481 e. The third kappa shape index (κ3) is 2.74. The number of alkyl halides is 3. The van der Waals surface area contributed by atoms with E-state index in [1.54, 1.807) is 0 Å². The fourth-order valence-corrected chi connectivity index (χ4v) is 1.60. The molecule has 0 amide bonds. The van der Waals surface area contributed by atoms with Gasteiger partial charge in [-0.25, -0.2) is 0 Å². The SMILES string of the molecule is O=C(O)CC1C(=O)OC(C(Cl)(Cl)Cl)C1=O. The predicted molar refractivity (Wildman–Crippen MR) is 50.9 cm³/mol. The Balaban J connectivity index is 2.84. The zero-order valence-electron chi connectivity index (χ0n) is 7.08. The number of ketones is 1. The summed E-state index contributed by atoms with van der Waals surface area (Å²) in [6, 6.07) is 0. The lowest BCUT2D eigenvalue weighted by molar-refractivity contribution is -0.148. The number of ether oxygens (including phenoxy) is 1. The molecule has 1 aliphatic heterocycles. The van der Waals surface area contributed by atoms with Gasteiger partial charge in [-0.05, 0) is 0 Å². The quantitative estimate of drug-likeness (QED) is 0.461. The van der Waals surface area contributed by atoms with E-state index in [-0.39, 0.29) is 0 Å². The average Bonchev–Trinajstić information content (AvgIpc) is 2.30. The third-order valence-corrected chi connectivity index (χ3v) is 2.39. The molecule has 1 saturated heterocycles. The lowest BCUT2D eigenvalue weighted by Gasteiger charge is -2.15. The second kappa shape index (κ2) is 4.15. The summed E-state index contributed by atoms with van der Waals surface area (Å²) < 4.78 is 2.43. The second-order valence-corrected chi connectivity index (χ2v) is 5.28. The highest BCUT2D eigenvalue weighted by Crippen LogP contribution is 2.38. The molecular weight excluding hydrogens is 270 g/mol. The van der Waals surface area contributed by atoms with Gasteiger partial charge in [-0.2, -0.15) is 0 Å². The first-order valence-electron chi connectivity index (χ1n) is 3.76. The van der Waals surface area contributed by atoms with Crippen LogP contribution in [-0.4, -0.2) is 32.7 Å². The van der Waals surface area contributed by atoms with E-state index in [4.69, 9.17) is 39.9 Å². The number of carbonyl (C=O) groups excluding carboxylic acids is 2. The minimum absolute atomic E-state index is 0.658. The van der Waals surface area contributed by atoms with Gasteiger partial charge in [0.2, 0.25) is 9.90 Å². The van der Waals surface area contributed by atoms with Crippen LogP contribution < -0.4 is 0 Å². The molecule has 1 fully saturated rings. The Morgan fingerprint density at radius 3 is 2.27 bits per heavy atom. The van der Waals surface area contributed by atoms with Crippen molar-refractivity contribution in [3.05, 3.63) is 0 Å². The maximum Gasteiger partial charge on any atom is 0.318 e. The highest BCUT2D eigenvalue weighted by Gasteiger charge is 2.53. The number of rotatable bonds is 2. The molecule has 5 nitrogen and oxygen atoms in total. The Bertz CT molecular complexity index is 321. The Morgan fingerprint density at radius 1 is 1.40 bits per heavy atom. The van der Waals surface area contributed by atoms with Crippen molar-refractivity contribution in [2.45, 2.75) is 16.3 Å². The van der Waals surface area contributed by atoms with Gasteiger partial charge in [0, 0.05) is 0 Å². The summed E-state index contributed by atoms with van der Waals surface area (Å²) in [5, 5.41) is 8.44. The molecule has 0 aliphatic carbocycles. The van der Waals surface area contributed by atoms with Gasteiger partial charge in [0.25, 0.3) is 0 Å². The molecule has 0 aromatic heterocycles. The standard InChI is InChI=1S/C7H5Cl3O5/c8-7(9,10)5-4(13)2(1-3(11)12)6(14)15-5/h2,5H,1H2,(H,11,12). The number of hydrogen-bond donors (Lipinski definition) is 1. The molecule has 84 valence electrons. The molecular formula is C7H5Cl3O5. The van der Waals surface area contributed by atoms with Crippen LogP contribution in [0.3, 0.4) is 0 Å². The van der Waals surface area contributed by atoms with Gasteiger partial charge < -0.3 is 9.84 Å². The molecule has 0 radical (unpaired) electrons. The van der Waals surface area contributed by atoms with E-state index in [0.29, 0.717) is 0 Å². The third-order valence-electron chi connectivity index (χ3n) is 1.80. The molecule has 1 aliphatic rings. The number of esters is 1. The molecule has 0 aromatic rings. The summed E-state index contributed by atoms with van der Waals surface area (Å²) in [5.74, 6) is -4.47. The van der Waals surface area contributed by atoms with Crippen LogP contribution in [0.15, 0.2) is 0 Å². The smallest absolute Gasteiger partial charge is 0.318 e. The number of carboxylic acid groups (broad SMARTS) is 1. The van der Waals surface area contributed by atoms with Crippen LogP contribution in [0.25, 0.3) is 0 Å². The van der Waals surface area contributed by atoms with Crippen molar-refractivity contribution in [3.63, 3.8) is 0 Å². The van der Waals surface area contributed by atoms with Gasteiger partial charge in [0.1, 0.15) is 5.92 Å². The van der Waals surface area contributed by atoms with Crippen LogP contribution >= 0.6 is 34.8 Å². The van der Waals surface area contributed by atoms with Crippen molar-refractivity contribution < 1.29 is 24.2 Å². The van der Waals surface area contributed by atoms with Crippen LogP contribution in [0.5, 0.6) is 0 Å². The Kier molecular flexibility index (Phi) is 3.48. The van der Waals surface area contributed by atoms with Gasteiger partial charge in [-0.1, -0.05) is 34.8 Å². The molecule has 1 rings (SSSR count). The average molecular weight is 275 g/mol. The van der Waals surface area contributed by atoms with E-state index in [1.165, 1.54) is 0 Å². The van der Waals surface area contributed by atoms with Crippen LogP contribution in [-0.2, 0) is 19.1 Å². The maximum atomic E-state index is 11.4. The zero-order valence-corrected chi connectivity index (χ0v) is 9.34. The predicted octanol–water partition coefficient (Wildman–Crippen LogP) is 0.942. The number of halogens is 3. The van der Waals surface area contributed by atoms with Gasteiger partial charge in [-0.3, -0.25) is 14.4 Å². The topological polar surface area (TPSA) is 80.7 Å². The fraction of sp³-hybridized carbons (Fsp3) is 0.571. The molecule has 1 N–H and O–H groups in total. The first-order valence-corrected chi connectivity index (χ1v) is 4.89. The normalized spacial score (nSPS) is 26.6. The van der Waals surface area contributed by atoms with Crippen molar-refractivity contribution in [2.24, 2.45) is 5.92 Å². The van der Waals surface area contributed by atoms with Gasteiger partial charge in [-0.15, -0.1) is 0 Å². The van der Waals surface area contributed by atoms with Crippen LogP contribution in [0.4, 0.5) is 0 Å². The van der Waals surface area contributed by atoms with Crippen molar-refractivity contribution in [3.8, 4) is 0 Å². The maximum absolute atomic E-state index is 11.4. The van der Waals surface area contributed by atoms with Gasteiger partial charge in [0.15, 0.2) is 5.78 Å². The van der Waals surface area contributed by atoms with E-state index in [2.05, 4.69) is 4.74 Å². The van der Waals surface area contributed by atoms with Crippen LogP contribution in [0, 0.1) is 5.92 Å². The molecule has 8 heteroatoms. The summed E-state index contributed by atoms with van der Waals surface area (Å²) in [7, 11) is 0. The Labute approximate surface area is 99.2 Å². The fourth-order valence-electron chi connectivity index (χ4n) is 1.14. The van der Waals surface area contributed by atoms with E-state index in [0.717, 1.165) is 0 Å². The zero-order chi connectivity index (χ0) is 11.8. The number of carbonyl (C=O) groups is 3.